The molecule has 1 aliphatic rings. The van der Waals surface area contributed by atoms with E-state index in [4.69, 9.17) is 11.6 Å². The van der Waals surface area contributed by atoms with Crippen molar-refractivity contribution in [2.75, 3.05) is 31.5 Å². The normalized spacial score (nSPS) is 16.7. The summed E-state index contributed by atoms with van der Waals surface area (Å²) in [4.78, 5) is 17.6. The Morgan fingerprint density at radius 3 is 2.64 bits per heavy atom. The Bertz CT molecular complexity index is 589. The van der Waals surface area contributed by atoms with Crippen LogP contribution in [0.5, 0.6) is 0 Å². The number of hydrogen-bond acceptors (Lipinski definition) is 4. The van der Waals surface area contributed by atoms with Crippen LogP contribution in [0.2, 0.25) is 5.02 Å². The third-order valence-electron chi connectivity index (χ3n) is 4.04. The molecule has 2 heterocycles. The van der Waals surface area contributed by atoms with Crippen molar-refractivity contribution >= 4 is 23.3 Å². The summed E-state index contributed by atoms with van der Waals surface area (Å²) in [6, 6.07) is 0.945. The molecule has 1 amide bonds. The van der Waals surface area contributed by atoms with Crippen LogP contribution in [-0.4, -0.2) is 48.0 Å². The third kappa shape index (κ3) is 6.04. The van der Waals surface area contributed by atoms with Gasteiger partial charge in [0.1, 0.15) is 5.82 Å². The first-order chi connectivity index (χ1) is 11.8. The highest BCUT2D eigenvalue weighted by Gasteiger charge is 2.32. The largest absolute Gasteiger partial charge is 0.417 e. The van der Waals surface area contributed by atoms with Gasteiger partial charge in [-0.05, 0) is 25.3 Å². The van der Waals surface area contributed by atoms with Crippen molar-refractivity contribution < 1.29 is 18.0 Å². The lowest BCUT2D eigenvalue weighted by molar-refractivity contribution is -0.137. The van der Waals surface area contributed by atoms with E-state index in [0.717, 1.165) is 44.6 Å². The van der Waals surface area contributed by atoms with E-state index >= 15 is 0 Å². The number of alkyl halides is 3. The Morgan fingerprint density at radius 2 is 2.08 bits per heavy atom. The second-order valence-corrected chi connectivity index (χ2v) is 6.50. The molecule has 0 bridgehead atoms. The van der Waals surface area contributed by atoms with Crippen LogP contribution in [0.1, 0.15) is 31.7 Å². The zero-order valence-corrected chi connectivity index (χ0v) is 14.8. The predicted molar refractivity (Wildman–Crippen MR) is 90.6 cm³/mol. The van der Waals surface area contributed by atoms with Gasteiger partial charge in [0.15, 0.2) is 0 Å². The topological polar surface area (TPSA) is 57.3 Å². The number of rotatable bonds is 6. The zero-order chi connectivity index (χ0) is 18.4. The quantitative estimate of drug-likeness (QED) is 0.798. The summed E-state index contributed by atoms with van der Waals surface area (Å²) in [6.07, 6.45) is -1.25. The molecule has 0 atom stereocenters. The van der Waals surface area contributed by atoms with Crippen molar-refractivity contribution in [3.8, 4) is 0 Å². The second-order valence-electron chi connectivity index (χ2n) is 6.10. The third-order valence-corrected chi connectivity index (χ3v) is 4.32. The Hall–Kier alpha value is -1.54. The minimum Gasteiger partial charge on any atom is -0.366 e. The molecular formula is C16H22ClF3N4O. The molecule has 0 radical (unpaired) electrons. The molecule has 25 heavy (non-hydrogen) atoms. The van der Waals surface area contributed by atoms with E-state index in [1.54, 1.807) is 0 Å². The fourth-order valence-electron chi connectivity index (χ4n) is 2.65. The van der Waals surface area contributed by atoms with Gasteiger partial charge >= 0.3 is 6.18 Å². The molecule has 1 fully saturated rings. The van der Waals surface area contributed by atoms with E-state index in [-0.39, 0.29) is 22.8 Å². The average molecular weight is 379 g/mol. The summed E-state index contributed by atoms with van der Waals surface area (Å²) < 4.78 is 37.9. The Morgan fingerprint density at radius 1 is 1.40 bits per heavy atom. The van der Waals surface area contributed by atoms with E-state index in [1.807, 2.05) is 6.92 Å². The van der Waals surface area contributed by atoms with E-state index in [0.29, 0.717) is 13.1 Å². The maximum absolute atomic E-state index is 12.6. The smallest absolute Gasteiger partial charge is 0.366 e. The van der Waals surface area contributed by atoms with Gasteiger partial charge in [-0.25, -0.2) is 4.98 Å². The lowest BCUT2D eigenvalue weighted by atomic mass is 10.0. The number of likely N-dealkylation sites (tertiary alicyclic amines) is 1. The molecule has 0 spiro atoms. The monoisotopic (exact) mass is 378 g/mol. The zero-order valence-electron chi connectivity index (χ0n) is 14.0. The van der Waals surface area contributed by atoms with Gasteiger partial charge in [-0.1, -0.05) is 18.5 Å². The van der Waals surface area contributed by atoms with Crippen molar-refractivity contribution in [2.24, 2.45) is 0 Å². The number of nitrogens with one attached hydrogen (secondary N) is 2. The summed E-state index contributed by atoms with van der Waals surface area (Å²) in [7, 11) is 0. The molecule has 1 aromatic heterocycles. The van der Waals surface area contributed by atoms with E-state index in [2.05, 4.69) is 20.5 Å². The molecule has 0 unspecified atom stereocenters. The molecule has 0 aliphatic carbocycles. The van der Waals surface area contributed by atoms with Crippen LogP contribution in [0.15, 0.2) is 12.3 Å². The van der Waals surface area contributed by atoms with Gasteiger partial charge in [-0.15, -0.1) is 0 Å². The minimum atomic E-state index is -4.46. The number of carbonyl (C=O) groups is 1. The minimum absolute atomic E-state index is 0.0145. The van der Waals surface area contributed by atoms with E-state index in [1.165, 1.54) is 0 Å². The Labute approximate surface area is 149 Å². The maximum atomic E-state index is 12.6. The number of piperidine rings is 1. The van der Waals surface area contributed by atoms with Gasteiger partial charge in [0, 0.05) is 31.9 Å². The van der Waals surface area contributed by atoms with Crippen LogP contribution in [0.3, 0.4) is 0 Å². The highest BCUT2D eigenvalue weighted by Crippen LogP contribution is 2.32. The fraction of sp³-hybridized carbons (Fsp3) is 0.625. The first-order valence-electron chi connectivity index (χ1n) is 8.28. The molecule has 5 nitrogen and oxygen atoms in total. The number of halogens is 4. The Balaban J connectivity index is 1.83. The first-order valence-corrected chi connectivity index (χ1v) is 8.65. The molecule has 1 aliphatic heterocycles. The standard InChI is InChI=1S/C16H22ClF3N4O/c1-2-5-21-14(25)10-24-6-3-12(4-7-24)23-15-13(17)8-11(9-22-15)16(18,19)20/h8-9,12H,2-7,10H2,1H3,(H,21,25)(H,22,23). The summed E-state index contributed by atoms with van der Waals surface area (Å²) in [5.74, 6) is 0.273. The second kappa shape index (κ2) is 8.71. The van der Waals surface area contributed by atoms with E-state index < -0.39 is 11.7 Å². The Kier molecular flexibility index (Phi) is 6.89. The lowest BCUT2D eigenvalue weighted by Gasteiger charge is -2.32. The average Bonchev–Trinajstić information content (AvgIpc) is 2.55. The SMILES string of the molecule is CCCNC(=O)CN1CCC(Nc2ncc(C(F)(F)F)cc2Cl)CC1. The van der Waals surface area contributed by atoms with Crippen molar-refractivity contribution in [3.05, 3.63) is 22.8 Å². The van der Waals surface area contributed by atoms with Crippen LogP contribution >= 0.6 is 11.6 Å². The number of carbonyl (C=O) groups excluding carboxylic acids is 1. The molecule has 2 rings (SSSR count). The summed E-state index contributed by atoms with van der Waals surface area (Å²) in [6.45, 7) is 4.50. The van der Waals surface area contributed by atoms with Gasteiger partial charge in [0.05, 0.1) is 17.1 Å². The van der Waals surface area contributed by atoms with Crippen molar-refractivity contribution in [2.45, 2.75) is 38.4 Å². The summed E-state index contributed by atoms with van der Waals surface area (Å²) in [5, 5.41) is 5.89. The molecule has 0 saturated carbocycles. The number of amides is 1. The highest BCUT2D eigenvalue weighted by atomic mass is 35.5. The molecule has 2 N–H and O–H groups in total. The van der Waals surface area contributed by atoms with Crippen LogP contribution in [0.25, 0.3) is 0 Å². The number of aromatic nitrogens is 1. The number of hydrogen-bond donors (Lipinski definition) is 2. The van der Waals surface area contributed by atoms with Gasteiger partial charge < -0.3 is 10.6 Å². The maximum Gasteiger partial charge on any atom is 0.417 e. The predicted octanol–water partition coefficient (Wildman–Crippen LogP) is 3.16. The number of pyridine rings is 1. The van der Waals surface area contributed by atoms with Crippen molar-refractivity contribution in [1.29, 1.82) is 0 Å². The fourth-order valence-corrected chi connectivity index (χ4v) is 2.87. The molecule has 9 heteroatoms. The summed E-state index contributed by atoms with van der Waals surface area (Å²) >= 11 is 5.91. The van der Waals surface area contributed by atoms with Gasteiger partial charge in [0.25, 0.3) is 0 Å². The molecule has 140 valence electrons. The van der Waals surface area contributed by atoms with Crippen molar-refractivity contribution in [3.63, 3.8) is 0 Å². The molecule has 1 aromatic rings. The van der Waals surface area contributed by atoms with Crippen LogP contribution in [0, 0.1) is 0 Å². The van der Waals surface area contributed by atoms with Crippen molar-refractivity contribution in [1.82, 2.24) is 15.2 Å². The molecule has 0 aromatic carbocycles. The van der Waals surface area contributed by atoms with E-state index in [9.17, 15) is 18.0 Å². The molecule has 1 saturated heterocycles. The lowest BCUT2D eigenvalue weighted by Crippen LogP contribution is -2.44. The summed E-state index contributed by atoms with van der Waals surface area (Å²) in [5.41, 5.74) is -0.865. The first kappa shape index (κ1) is 19.8. The number of anilines is 1. The van der Waals surface area contributed by atoms with Crippen LogP contribution in [-0.2, 0) is 11.0 Å². The van der Waals surface area contributed by atoms with Crippen LogP contribution in [0.4, 0.5) is 19.0 Å². The van der Waals surface area contributed by atoms with Crippen LogP contribution < -0.4 is 10.6 Å². The number of nitrogens with zero attached hydrogens (tertiary/aromatic N) is 2. The van der Waals surface area contributed by atoms with Gasteiger partial charge in [-0.3, -0.25) is 9.69 Å². The van der Waals surface area contributed by atoms with Gasteiger partial charge in [0.2, 0.25) is 5.91 Å². The van der Waals surface area contributed by atoms with Gasteiger partial charge in [-0.2, -0.15) is 13.2 Å². The highest BCUT2D eigenvalue weighted by molar-refractivity contribution is 6.33. The molecular weight excluding hydrogens is 357 g/mol.